The van der Waals surface area contributed by atoms with E-state index in [2.05, 4.69) is 9.97 Å². The molecule has 0 amide bonds. The third-order valence-electron chi connectivity index (χ3n) is 4.21. The van der Waals surface area contributed by atoms with Gasteiger partial charge in [0, 0.05) is 17.5 Å². The molecule has 0 aliphatic rings. The van der Waals surface area contributed by atoms with Crippen LogP contribution >= 0.6 is 46.4 Å². The first-order valence-electron chi connectivity index (χ1n) is 7.48. The molecule has 25 heavy (non-hydrogen) atoms. The Labute approximate surface area is 165 Å². The van der Waals surface area contributed by atoms with Gasteiger partial charge in [-0.2, -0.15) is 0 Å². The fourth-order valence-corrected chi connectivity index (χ4v) is 4.10. The molecule has 0 spiro atoms. The maximum atomic E-state index is 10.4. The van der Waals surface area contributed by atoms with Gasteiger partial charge in [-0.25, -0.2) is 4.98 Å². The lowest BCUT2D eigenvalue weighted by Gasteiger charge is -2.34. The van der Waals surface area contributed by atoms with E-state index in [4.69, 9.17) is 46.4 Å². The summed E-state index contributed by atoms with van der Waals surface area (Å²) >= 11 is 25.2. The zero-order valence-corrected chi connectivity index (χ0v) is 16.0. The Morgan fingerprint density at radius 2 is 1.56 bits per heavy atom. The highest BCUT2D eigenvalue weighted by atomic mass is 35.5. The van der Waals surface area contributed by atoms with Crippen LogP contribution in [0.4, 0.5) is 0 Å². The Balaban J connectivity index is 2.29. The van der Waals surface area contributed by atoms with Gasteiger partial charge in [-0.15, -0.1) is 0 Å². The van der Waals surface area contributed by atoms with Crippen LogP contribution < -0.4 is 0 Å². The molecule has 130 valence electrons. The summed E-state index contributed by atoms with van der Waals surface area (Å²) in [6, 6.07) is 13.5. The minimum atomic E-state index is -0.949. The zero-order chi connectivity index (χ0) is 18.0. The highest BCUT2D eigenvalue weighted by molar-refractivity contribution is 6.46. The summed E-state index contributed by atoms with van der Waals surface area (Å²) in [6.45, 7) is -0.251. The van der Waals surface area contributed by atoms with E-state index in [1.807, 2.05) is 42.5 Å². The van der Waals surface area contributed by atoms with Crippen LogP contribution in [0, 0.1) is 0 Å². The number of aromatic amines is 1. The van der Waals surface area contributed by atoms with Crippen molar-refractivity contribution in [2.75, 3.05) is 6.61 Å². The number of pyridine rings is 1. The first-order valence-corrected chi connectivity index (χ1v) is 9.00. The maximum Gasteiger partial charge on any atom is 0.149 e. The van der Waals surface area contributed by atoms with Crippen LogP contribution in [0.1, 0.15) is 16.8 Å². The van der Waals surface area contributed by atoms with E-state index in [-0.39, 0.29) is 27.0 Å². The number of hydrogen-bond acceptors (Lipinski definition) is 2. The Hall–Kier alpha value is -1.23. The van der Waals surface area contributed by atoms with Gasteiger partial charge < -0.3 is 10.1 Å². The summed E-state index contributed by atoms with van der Waals surface area (Å²) in [5.74, 6) is 0. The summed E-state index contributed by atoms with van der Waals surface area (Å²) in [6.07, 6.45) is 2.22. The molecule has 0 aliphatic heterocycles. The zero-order valence-electron chi connectivity index (χ0n) is 12.9. The van der Waals surface area contributed by atoms with Crippen LogP contribution in [0.25, 0.3) is 0 Å². The Kier molecular flexibility index (Phi) is 5.62. The van der Waals surface area contributed by atoms with Crippen molar-refractivity contribution in [3.05, 3.63) is 85.8 Å². The predicted molar refractivity (Wildman–Crippen MR) is 103 cm³/mol. The molecule has 7 heteroatoms. The molecule has 1 aromatic carbocycles. The molecule has 2 heterocycles. The van der Waals surface area contributed by atoms with Crippen molar-refractivity contribution in [2.24, 2.45) is 0 Å². The molecule has 0 aliphatic carbocycles. The van der Waals surface area contributed by atoms with Gasteiger partial charge in [0.15, 0.2) is 0 Å². The van der Waals surface area contributed by atoms with Crippen molar-refractivity contribution in [3.8, 4) is 0 Å². The quantitative estimate of drug-likeness (QED) is 0.537. The molecule has 2 aromatic heterocycles. The van der Waals surface area contributed by atoms with E-state index >= 15 is 0 Å². The molecule has 0 saturated carbocycles. The first-order chi connectivity index (χ1) is 12.0. The normalized spacial score (nSPS) is 13.6. The number of aliphatic hydroxyl groups is 1. The molecule has 3 rings (SSSR count). The van der Waals surface area contributed by atoms with E-state index in [1.165, 1.54) is 0 Å². The molecular formula is C18H14Cl4N2O. The van der Waals surface area contributed by atoms with Gasteiger partial charge in [-0.3, -0.25) is 0 Å². The van der Waals surface area contributed by atoms with Gasteiger partial charge in [0.25, 0.3) is 0 Å². The Morgan fingerprint density at radius 1 is 0.920 bits per heavy atom. The molecular weight excluding hydrogens is 402 g/mol. The van der Waals surface area contributed by atoms with E-state index in [0.29, 0.717) is 12.0 Å². The SMILES string of the molecule is OCC(Cc1ccccc1)(c1ccc[nH]1)c1c(Cl)c(Cl)nc(Cl)c1Cl. The average Bonchev–Trinajstić information content (AvgIpc) is 3.15. The van der Waals surface area contributed by atoms with Crippen molar-refractivity contribution < 1.29 is 5.11 Å². The minimum Gasteiger partial charge on any atom is -0.395 e. The van der Waals surface area contributed by atoms with Crippen molar-refractivity contribution in [2.45, 2.75) is 11.8 Å². The topological polar surface area (TPSA) is 48.9 Å². The lowest BCUT2D eigenvalue weighted by Crippen LogP contribution is -2.36. The number of halogens is 4. The van der Waals surface area contributed by atoms with E-state index in [1.54, 1.807) is 6.20 Å². The van der Waals surface area contributed by atoms with Crippen LogP contribution in [0.15, 0.2) is 48.7 Å². The summed E-state index contributed by atoms with van der Waals surface area (Å²) < 4.78 is 0. The number of nitrogens with zero attached hydrogens (tertiary/aromatic N) is 1. The lowest BCUT2D eigenvalue weighted by molar-refractivity contribution is 0.216. The number of aliphatic hydroxyl groups excluding tert-OH is 1. The fraction of sp³-hybridized carbons (Fsp3) is 0.167. The Bertz CT molecular complexity index is 842. The minimum absolute atomic E-state index is 0.0449. The van der Waals surface area contributed by atoms with Crippen LogP contribution in [0.5, 0.6) is 0 Å². The molecule has 0 radical (unpaired) electrons. The van der Waals surface area contributed by atoms with Gasteiger partial charge in [0.1, 0.15) is 10.3 Å². The van der Waals surface area contributed by atoms with Crippen molar-refractivity contribution >= 4 is 46.4 Å². The second kappa shape index (κ2) is 7.56. The van der Waals surface area contributed by atoms with Gasteiger partial charge in [0.05, 0.1) is 22.1 Å². The summed E-state index contributed by atoms with van der Waals surface area (Å²) in [5, 5.41) is 10.9. The molecule has 0 fully saturated rings. The largest absolute Gasteiger partial charge is 0.395 e. The van der Waals surface area contributed by atoms with Gasteiger partial charge in [-0.1, -0.05) is 76.7 Å². The number of rotatable bonds is 5. The molecule has 1 unspecified atom stereocenters. The number of benzene rings is 1. The number of H-pyrrole nitrogens is 1. The highest BCUT2D eigenvalue weighted by Crippen LogP contribution is 2.46. The maximum absolute atomic E-state index is 10.4. The lowest BCUT2D eigenvalue weighted by atomic mass is 9.73. The molecule has 0 bridgehead atoms. The van der Waals surface area contributed by atoms with Crippen molar-refractivity contribution in [1.82, 2.24) is 9.97 Å². The third kappa shape index (κ3) is 3.40. The monoisotopic (exact) mass is 414 g/mol. The van der Waals surface area contributed by atoms with Crippen LogP contribution in [0.2, 0.25) is 20.4 Å². The van der Waals surface area contributed by atoms with Crippen LogP contribution in [0.3, 0.4) is 0 Å². The van der Waals surface area contributed by atoms with Gasteiger partial charge in [0.2, 0.25) is 0 Å². The van der Waals surface area contributed by atoms with E-state index < -0.39 is 5.41 Å². The molecule has 3 nitrogen and oxygen atoms in total. The fourth-order valence-electron chi connectivity index (χ4n) is 3.02. The Morgan fingerprint density at radius 3 is 2.08 bits per heavy atom. The van der Waals surface area contributed by atoms with Crippen LogP contribution in [-0.4, -0.2) is 21.7 Å². The first kappa shape index (κ1) is 18.6. The predicted octanol–water partition coefficient (Wildman–Crippen LogP) is 5.54. The third-order valence-corrected chi connectivity index (χ3v) is 5.68. The number of hydrogen-bond donors (Lipinski definition) is 2. The molecule has 3 aromatic rings. The van der Waals surface area contributed by atoms with Crippen LogP contribution in [-0.2, 0) is 11.8 Å². The van der Waals surface area contributed by atoms with Crippen molar-refractivity contribution in [1.29, 1.82) is 0 Å². The summed E-state index contributed by atoms with van der Waals surface area (Å²) in [5.41, 5.74) is 1.26. The smallest absolute Gasteiger partial charge is 0.149 e. The second-order valence-electron chi connectivity index (χ2n) is 5.68. The van der Waals surface area contributed by atoms with Gasteiger partial charge >= 0.3 is 0 Å². The van der Waals surface area contributed by atoms with E-state index in [0.717, 1.165) is 11.3 Å². The molecule has 0 saturated heterocycles. The van der Waals surface area contributed by atoms with Crippen molar-refractivity contribution in [3.63, 3.8) is 0 Å². The standard InChI is InChI=1S/C18H14Cl4N2O/c19-14-13(15(20)17(22)24-16(14)21)18(10-25,12-7-4-8-23-12)9-11-5-2-1-3-6-11/h1-8,23,25H,9-10H2. The van der Waals surface area contributed by atoms with Gasteiger partial charge in [-0.05, 0) is 24.1 Å². The van der Waals surface area contributed by atoms with E-state index in [9.17, 15) is 5.11 Å². The molecule has 1 atom stereocenters. The highest BCUT2D eigenvalue weighted by Gasteiger charge is 2.40. The number of aromatic nitrogens is 2. The number of nitrogens with one attached hydrogen (secondary N) is 1. The molecule has 2 N–H and O–H groups in total. The summed E-state index contributed by atoms with van der Waals surface area (Å²) in [4.78, 5) is 7.10. The summed E-state index contributed by atoms with van der Waals surface area (Å²) in [7, 11) is 0. The average molecular weight is 416 g/mol. The second-order valence-corrected chi connectivity index (χ2v) is 7.15.